The summed E-state index contributed by atoms with van der Waals surface area (Å²) in [6.07, 6.45) is 6.57. The number of anilines is 1. The molecule has 328 valence electrons. The molecule has 1 N–H and O–H groups in total. The molecule has 0 spiro atoms. The number of nitrogens with zero attached hydrogens (tertiary/aromatic N) is 8. The summed E-state index contributed by atoms with van der Waals surface area (Å²) in [4.78, 5) is 65.2. The van der Waals surface area contributed by atoms with Crippen molar-refractivity contribution in [1.82, 2.24) is 34.9 Å². The third-order valence-corrected chi connectivity index (χ3v) is 14.3. The molecule has 6 bridgehead atoms. The number of nitrogens with one attached hydrogen (secondary N) is 1. The van der Waals surface area contributed by atoms with Crippen LogP contribution in [0.1, 0.15) is 79.8 Å². The van der Waals surface area contributed by atoms with E-state index in [-0.39, 0.29) is 48.5 Å². The second-order valence-corrected chi connectivity index (χ2v) is 19.5. The lowest BCUT2D eigenvalue weighted by Gasteiger charge is -2.36. The molecule has 5 aliphatic rings. The number of carbonyl (C=O) groups is 3. The van der Waals surface area contributed by atoms with Crippen LogP contribution in [0.2, 0.25) is 0 Å². The van der Waals surface area contributed by atoms with Crippen LogP contribution in [0.3, 0.4) is 0 Å². The Balaban J connectivity index is 1.09. The predicted molar refractivity (Wildman–Crippen MR) is 238 cm³/mol. The number of pyridine rings is 2. The average Bonchev–Trinajstić information content (AvgIpc) is 3.86. The molecule has 2 amide bonds. The first-order valence-corrected chi connectivity index (χ1v) is 22.8. The molecule has 1 unspecified atom stereocenters. The molecule has 1 saturated carbocycles. The summed E-state index contributed by atoms with van der Waals surface area (Å²) in [7, 11) is 3.83. The minimum Gasteiger partial charge on any atom is -0.464 e. The molecule has 7 heterocycles. The van der Waals surface area contributed by atoms with Crippen molar-refractivity contribution in [2.24, 2.45) is 16.3 Å². The van der Waals surface area contributed by atoms with Gasteiger partial charge in [0.2, 0.25) is 5.91 Å². The van der Waals surface area contributed by atoms with Crippen molar-refractivity contribution in [1.29, 1.82) is 0 Å². The fraction of sp³-hybridized carbons (Fsp3) is 0.468. The maximum atomic E-state index is 17.8. The van der Waals surface area contributed by atoms with Crippen LogP contribution in [0, 0.1) is 17.2 Å². The normalized spacial score (nSPS) is 25.7. The Morgan fingerprint density at radius 3 is 2.70 bits per heavy atom. The highest BCUT2D eigenvalue weighted by molar-refractivity contribution is 7.10. The monoisotopic (exact) mass is 873 g/mol. The number of esters is 1. The molecule has 10 rings (SSSR count). The lowest BCUT2D eigenvalue weighted by molar-refractivity contribution is -0.153. The van der Waals surface area contributed by atoms with E-state index in [2.05, 4.69) is 49.8 Å². The van der Waals surface area contributed by atoms with Gasteiger partial charge < -0.3 is 23.8 Å². The summed E-state index contributed by atoms with van der Waals surface area (Å²) >= 11 is 1.28. The standard InChI is InChI=1S/C47H52FN9O5S/c1-26-38-30-11-10-29-36-23-63-37(51-36)20-35(52-44(58)32-19-31(32)27-8-6-12-49-21-27)45(59)57-13-7-9-34(53-57)46(60)62-25-47(2,3)24-56(42(30)39(29)48)41(38)33-18-28(22-50-40(33)43(26)61-5)55-16-14-54(4)15-17-55/h6,8,10-12,18,21-23,26,31-32,34,43,53H,7,9,13-17,19-20,24-25H2,1-5H3/t26?,31-,32+,34+,43+/m1/s1. The molecule has 16 heteroatoms. The van der Waals surface area contributed by atoms with Gasteiger partial charge >= 0.3 is 5.97 Å². The molecular weight excluding hydrogens is 822 g/mol. The van der Waals surface area contributed by atoms with Crippen LogP contribution in [0.25, 0.3) is 33.4 Å². The second kappa shape index (κ2) is 16.3. The first-order chi connectivity index (χ1) is 30.4. The highest BCUT2D eigenvalue weighted by Gasteiger charge is 2.45. The molecule has 2 aliphatic carbocycles. The van der Waals surface area contributed by atoms with E-state index in [0.29, 0.717) is 54.1 Å². The third kappa shape index (κ3) is 7.64. The van der Waals surface area contributed by atoms with Crippen LogP contribution in [0.15, 0.2) is 59.3 Å². The first-order valence-electron chi connectivity index (χ1n) is 21.9. The van der Waals surface area contributed by atoms with Gasteiger partial charge in [-0.2, -0.15) is 0 Å². The van der Waals surface area contributed by atoms with Gasteiger partial charge in [0.1, 0.15) is 17.9 Å². The van der Waals surface area contributed by atoms with E-state index in [0.717, 1.165) is 65.3 Å². The molecule has 5 aromatic rings. The number of hydrazine groups is 1. The number of rotatable bonds is 4. The highest BCUT2D eigenvalue weighted by Crippen LogP contribution is 2.53. The summed E-state index contributed by atoms with van der Waals surface area (Å²) in [5, 5.41) is 4.43. The maximum Gasteiger partial charge on any atom is 0.324 e. The number of methoxy groups -OCH3 is 1. The minimum absolute atomic E-state index is 0.00359. The summed E-state index contributed by atoms with van der Waals surface area (Å²) in [5.74, 6) is -2.39. The van der Waals surface area contributed by atoms with E-state index in [1.807, 2.05) is 38.2 Å². The van der Waals surface area contributed by atoms with Crippen molar-refractivity contribution < 1.29 is 28.2 Å². The number of cyclic esters (lactones) is 1. The van der Waals surface area contributed by atoms with Crippen LogP contribution in [-0.2, 0) is 36.8 Å². The zero-order valence-electron chi connectivity index (χ0n) is 36.3. The molecule has 2 saturated heterocycles. The Kier molecular flexibility index (Phi) is 10.8. The Morgan fingerprint density at radius 2 is 1.92 bits per heavy atom. The van der Waals surface area contributed by atoms with E-state index in [4.69, 9.17) is 19.4 Å². The summed E-state index contributed by atoms with van der Waals surface area (Å²) in [6, 6.07) is 8.93. The lowest BCUT2D eigenvalue weighted by atomic mass is 9.81. The van der Waals surface area contributed by atoms with Gasteiger partial charge in [0.05, 0.1) is 46.1 Å². The number of hydrogen-bond donors (Lipinski definition) is 1. The van der Waals surface area contributed by atoms with E-state index >= 15 is 4.39 Å². The topological polar surface area (TPSA) is 147 Å². The zero-order valence-corrected chi connectivity index (χ0v) is 37.1. The third-order valence-electron chi connectivity index (χ3n) is 13.4. The fourth-order valence-electron chi connectivity index (χ4n) is 9.93. The molecule has 1 aromatic carbocycles. The highest BCUT2D eigenvalue weighted by atomic mass is 32.1. The Hall–Kier alpha value is -5.42. The van der Waals surface area contributed by atoms with Gasteiger partial charge in [-0.25, -0.2) is 19.8 Å². The van der Waals surface area contributed by atoms with Gasteiger partial charge in [0, 0.05) is 104 Å². The van der Waals surface area contributed by atoms with Gasteiger partial charge in [-0.05, 0) is 61.6 Å². The largest absolute Gasteiger partial charge is 0.464 e. The number of thiazole rings is 1. The number of halogens is 1. The van der Waals surface area contributed by atoms with E-state index in [1.54, 1.807) is 30.9 Å². The maximum absolute atomic E-state index is 17.8. The Morgan fingerprint density at radius 1 is 1.10 bits per heavy atom. The molecule has 0 radical (unpaired) electrons. The number of hydrogen-bond acceptors (Lipinski definition) is 12. The van der Waals surface area contributed by atoms with Crippen molar-refractivity contribution >= 4 is 51.4 Å². The van der Waals surface area contributed by atoms with Gasteiger partial charge in [-0.15, -0.1) is 11.3 Å². The number of piperazine rings is 1. The van der Waals surface area contributed by atoms with E-state index < -0.39 is 29.2 Å². The van der Waals surface area contributed by atoms with Crippen molar-refractivity contribution in [3.63, 3.8) is 0 Å². The quantitative estimate of drug-likeness (QED) is 0.203. The van der Waals surface area contributed by atoms with Crippen molar-refractivity contribution in [2.45, 2.75) is 77.0 Å². The SMILES string of the molecule is CO[C@@H]1c2ncc(N3CCN(C)CC3)cc2-c2c(c3ccc4c(F)c3n2CC(C)(C)COC(=O)[C@@H]2CCCN(N2)C(=O)C(=NC(=O)[C@H]2C[C@@H]2c2cccnc2)Cc2nc-4cs2)C1C. The van der Waals surface area contributed by atoms with Crippen molar-refractivity contribution in [3.8, 4) is 22.5 Å². The number of carbonyl (C=O) groups excluding carboxylic acids is 3. The fourth-order valence-corrected chi connectivity index (χ4v) is 10.7. The van der Waals surface area contributed by atoms with Gasteiger partial charge in [-0.1, -0.05) is 32.9 Å². The summed E-state index contributed by atoms with van der Waals surface area (Å²) in [5.41, 5.74) is 9.09. The molecule has 3 fully saturated rings. The Labute approximate surface area is 369 Å². The molecule has 4 aromatic heterocycles. The average molecular weight is 874 g/mol. The van der Waals surface area contributed by atoms with Crippen LogP contribution in [0.5, 0.6) is 0 Å². The number of aromatic nitrogens is 4. The van der Waals surface area contributed by atoms with Crippen LogP contribution in [-0.4, -0.2) is 112 Å². The van der Waals surface area contributed by atoms with Crippen molar-refractivity contribution in [3.05, 3.63) is 81.9 Å². The number of fused-ring (bicyclic) bond motifs is 11. The number of aliphatic imine (C=N–C) groups is 1. The van der Waals surface area contributed by atoms with E-state index in [9.17, 15) is 14.4 Å². The zero-order chi connectivity index (χ0) is 43.7. The number of ether oxygens (including phenoxy) is 2. The van der Waals surface area contributed by atoms with Gasteiger partial charge in [-0.3, -0.25) is 29.4 Å². The molecule has 3 aliphatic heterocycles. The summed E-state index contributed by atoms with van der Waals surface area (Å²) < 4.78 is 32.1. The summed E-state index contributed by atoms with van der Waals surface area (Å²) in [6.45, 7) is 10.4. The molecule has 5 atom stereocenters. The van der Waals surface area contributed by atoms with Crippen LogP contribution in [0.4, 0.5) is 10.1 Å². The predicted octanol–water partition coefficient (Wildman–Crippen LogP) is 6.31. The first kappa shape index (κ1) is 41.6. The number of benzene rings is 1. The smallest absolute Gasteiger partial charge is 0.324 e. The van der Waals surface area contributed by atoms with Crippen LogP contribution >= 0.6 is 11.3 Å². The second-order valence-electron chi connectivity index (χ2n) is 18.5. The number of amides is 2. The molecule has 14 nitrogen and oxygen atoms in total. The van der Waals surface area contributed by atoms with E-state index in [1.165, 1.54) is 16.3 Å². The minimum atomic E-state index is -0.794. The van der Waals surface area contributed by atoms with Gasteiger partial charge in [0.15, 0.2) is 5.82 Å². The van der Waals surface area contributed by atoms with Crippen molar-refractivity contribution in [2.75, 3.05) is 58.4 Å². The molecule has 63 heavy (non-hydrogen) atoms. The Bertz CT molecular complexity index is 2660. The lowest BCUT2D eigenvalue weighted by Crippen LogP contribution is -2.57. The molecular formula is C47H52FN9O5S. The van der Waals surface area contributed by atoms with Crippen LogP contribution < -0.4 is 10.3 Å². The van der Waals surface area contributed by atoms with Gasteiger partial charge in [0.25, 0.3) is 5.91 Å². The number of likely N-dealkylation sites (N-methyl/N-ethyl adjacent to an activating group) is 1.